The molecule has 11 aromatic rings. The van der Waals surface area contributed by atoms with Gasteiger partial charge in [-0.15, -0.1) is 21.5 Å². The lowest BCUT2D eigenvalue weighted by molar-refractivity contribution is 0.738. The Hall–Kier alpha value is -8.02. The molecule has 10 nitrogen and oxygen atoms in total. The number of pyridine rings is 2. The summed E-state index contributed by atoms with van der Waals surface area (Å²) in [6.45, 7) is 0. The second kappa shape index (κ2) is 14.4. The average Bonchev–Trinajstić information content (AvgIpc) is 4.05. The molecular formula is C50H34N10S. The topological polar surface area (TPSA) is 93.7 Å². The third-order valence-corrected chi connectivity index (χ3v) is 12.4. The van der Waals surface area contributed by atoms with E-state index in [0.717, 1.165) is 80.8 Å². The van der Waals surface area contributed by atoms with Gasteiger partial charge in [-0.05, 0) is 132 Å². The molecule has 0 unspecified atom stereocenters. The van der Waals surface area contributed by atoms with Gasteiger partial charge in [-0.3, -0.25) is 9.97 Å². The number of anilines is 6. The molecule has 0 aliphatic heterocycles. The van der Waals surface area contributed by atoms with Gasteiger partial charge in [-0.2, -0.15) is 19.8 Å². The van der Waals surface area contributed by atoms with Crippen molar-refractivity contribution in [2.24, 2.45) is 0 Å². The summed E-state index contributed by atoms with van der Waals surface area (Å²) in [5, 5.41) is 23.7. The van der Waals surface area contributed by atoms with Gasteiger partial charge in [-0.25, -0.2) is 0 Å². The molecule has 61 heavy (non-hydrogen) atoms. The number of allylic oxidation sites excluding steroid dienone is 2. The molecule has 0 fully saturated rings. The number of fused-ring (bicyclic) bond motifs is 6. The van der Waals surface area contributed by atoms with Crippen molar-refractivity contribution >= 4 is 87.4 Å². The number of nitrogens with zero attached hydrogens (tertiary/aromatic N) is 10. The fraction of sp³-hybridized carbons (Fsp3) is 0.0400. The Bertz CT molecular complexity index is 3370. The van der Waals surface area contributed by atoms with Gasteiger partial charge in [0.25, 0.3) is 0 Å². The lowest BCUT2D eigenvalue weighted by Gasteiger charge is -2.25. The van der Waals surface area contributed by atoms with Gasteiger partial charge >= 0.3 is 0 Å². The zero-order valence-corrected chi connectivity index (χ0v) is 33.4. The second-order valence-electron chi connectivity index (χ2n) is 15.0. The van der Waals surface area contributed by atoms with Crippen molar-refractivity contribution in [2.45, 2.75) is 12.8 Å². The van der Waals surface area contributed by atoms with Crippen LogP contribution in [-0.2, 0) is 12.8 Å². The molecule has 5 heterocycles. The molecule has 11 heteroatoms. The van der Waals surface area contributed by atoms with Crippen LogP contribution >= 0.6 is 11.3 Å². The van der Waals surface area contributed by atoms with Gasteiger partial charge < -0.3 is 9.80 Å². The predicted molar refractivity (Wildman–Crippen MR) is 246 cm³/mol. The largest absolute Gasteiger partial charge is 0.309 e. The summed E-state index contributed by atoms with van der Waals surface area (Å²) in [4.78, 5) is 16.9. The van der Waals surface area contributed by atoms with Gasteiger partial charge in [0.2, 0.25) is 0 Å². The van der Waals surface area contributed by atoms with Gasteiger partial charge in [-0.1, -0.05) is 36.4 Å². The van der Waals surface area contributed by atoms with E-state index in [1.165, 1.54) is 30.9 Å². The molecule has 0 spiro atoms. The van der Waals surface area contributed by atoms with Crippen LogP contribution < -0.4 is 9.80 Å². The van der Waals surface area contributed by atoms with Crippen LogP contribution in [0.5, 0.6) is 0 Å². The minimum absolute atomic E-state index is 0.823. The van der Waals surface area contributed by atoms with Gasteiger partial charge in [0.15, 0.2) is 0 Å². The molecule has 0 saturated carbocycles. The molecule has 0 atom stereocenters. The lowest BCUT2D eigenvalue weighted by Crippen LogP contribution is -2.10. The molecule has 5 aromatic heterocycles. The van der Waals surface area contributed by atoms with Crippen molar-refractivity contribution in [3.63, 3.8) is 0 Å². The number of aromatic nitrogens is 8. The summed E-state index contributed by atoms with van der Waals surface area (Å²) >= 11 is 1.81. The molecule has 0 saturated heterocycles. The molecule has 0 bridgehead atoms. The Morgan fingerprint density at radius 1 is 0.426 bits per heavy atom. The van der Waals surface area contributed by atoms with Crippen LogP contribution in [0.25, 0.3) is 53.4 Å². The number of thiophene rings is 1. The summed E-state index contributed by atoms with van der Waals surface area (Å²) in [6, 6.07) is 50.9. The maximum Gasteiger partial charge on any atom is 0.113 e. The summed E-state index contributed by atoms with van der Waals surface area (Å²) < 4.78 is 2.44. The van der Waals surface area contributed by atoms with E-state index in [2.05, 4.69) is 151 Å². The lowest BCUT2D eigenvalue weighted by atomic mass is 10.0. The Morgan fingerprint density at radius 2 is 0.967 bits per heavy atom. The number of hydrogen-bond acceptors (Lipinski definition) is 9. The van der Waals surface area contributed by atoms with Crippen molar-refractivity contribution in [2.75, 3.05) is 9.80 Å². The van der Waals surface area contributed by atoms with Gasteiger partial charge in [0, 0.05) is 68.2 Å². The number of rotatable bonds is 8. The summed E-state index contributed by atoms with van der Waals surface area (Å²) in [5.74, 6) is 0. The van der Waals surface area contributed by atoms with E-state index in [9.17, 15) is 0 Å². The molecule has 0 radical (unpaired) electrons. The first-order chi connectivity index (χ1) is 30.2. The molecule has 6 aromatic carbocycles. The summed E-state index contributed by atoms with van der Waals surface area (Å²) in [7, 11) is 0. The fourth-order valence-electron chi connectivity index (χ4n) is 8.27. The molecule has 0 amide bonds. The average molecular weight is 807 g/mol. The Balaban J connectivity index is 0.897. The van der Waals surface area contributed by atoms with Crippen molar-refractivity contribution in [1.82, 2.24) is 40.0 Å². The fourth-order valence-corrected chi connectivity index (χ4v) is 9.44. The monoisotopic (exact) mass is 806 g/mol. The highest BCUT2D eigenvalue weighted by Crippen LogP contribution is 2.43. The van der Waals surface area contributed by atoms with E-state index in [1.54, 1.807) is 15.8 Å². The van der Waals surface area contributed by atoms with Crippen molar-refractivity contribution in [3.05, 3.63) is 194 Å². The van der Waals surface area contributed by atoms with E-state index in [4.69, 9.17) is 10.2 Å². The first-order valence-electron chi connectivity index (χ1n) is 20.1. The van der Waals surface area contributed by atoms with Crippen LogP contribution in [0.3, 0.4) is 0 Å². The molecule has 1 aliphatic rings. The van der Waals surface area contributed by atoms with Crippen LogP contribution in [0.2, 0.25) is 0 Å². The normalized spacial score (nSPS) is 12.4. The SMILES string of the molecule is C1=CCc2nn(-c3ccc(N(c4cccnc4)c4ccc5cc6c(cc5c4)sc4cc(N(c5ccc(-n7nc8ccccc8n7)cc5)c5cccnc5)ccc46)cc3)nc2C1. The van der Waals surface area contributed by atoms with Crippen LogP contribution in [0.1, 0.15) is 11.4 Å². The van der Waals surface area contributed by atoms with Crippen LogP contribution in [0, 0.1) is 0 Å². The Morgan fingerprint density at radius 3 is 1.56 bits per heavy atom. The Labute approximate surface area is 353 Å². The van der Waals surface area contributed by atoms with Crippen LogP contribution in [-0.4, -0.2) is 40.0 Å². The zero-order chi connectivity index (χ0) is 40.3. The molecular weight excluding hydrogens is 773 g/mol. The molecule has 0 N–H and O–H groups in total. The summed E-state index contributed by atoms with van der Waals surface area (Å²) in [5.41, 5.74) is 11.7. The number of hydrogen-bond donors (Lipinski definition) is 0. The quantitative estimate of drug-likeness (QED) is 0.140. The van der Waals surface area contributed by atoms with Crippen molar-refractivity contribution in [1.29, 1.82) is 0 Å². The highest BCUT2D eigenvalue weighted by molar-refractivity contribution is 7.25. The maximum atomic E-state index is 4.77. The maximum absolute atomic E-state index is 4.77. The van der Waals surface area contributed by atoms with Gasteiger partial charge in [0.1, 0.15) is 11.0 Å². The number of benzene rings is 6. The highest BCUT2D eigenvalue weighted by Gasteiger charge is 2.19. The van der Waals surface area contributed by atoms with Gasteiger partial charge in [0.05, 0.1) is 46.5 Å². The van der Waals surface area contributed by atoms with E-state index in [-0.39, 0.29) is 0 Å². The second-order valence-corrected chi connectivity index (χ2v) is 16.1. The van der Waals surface area contributed by atoms with Crippen LogP contribution in [0.15, 0.2) is 183 Å². The first kappa shape index (κ1) is 35.0. The van der Waals surface area contributed by atoms with E-state index >= 15 is 0 Å². The third kappa shape index (κ3) is 6.26. The smallest absolute Gasteiger partial charge is 0.113 e. The van der Waals surface area contributed by atoms with E-state index < -0.39 is 0 Å². The summed E-state index contributed by atoms with van der Waals surface area (Å²) in [6.07, 6.45) is 13.4. The van der Waals surface area contributed by atoms with E-state index in [1.807, 2.05) is 66.3 Å². The first-order valence-corrected chi connectivity index (χ1v) is 20.9. The minimum Gasteiger partial charge on any atom is -0.309 e. The molecule has 290 valence electrons. The third-order valence-electron chi connectivity index (χ3n) is 11.2. The predicted octanol–water partition coefficient (Wildman–Crippen LogP) is 11.9. The van der Waals surface area contributed by atoms with Crippen LogP contribution in [0.4, 0.5) is 34.1 Å². The highest BCUT2D eigenvalue weighted by atomic mass is 32.1. The molecule has 12 rings (SSSR count). The van der Waals surface area contributed by atoms with E-state index in [0.29, 0.717) is 0 Å². The van der Waals surface area contributed by atoms with Crippen molar-refractivity contribution < 1.29 is 0 Å². The molecule has 1 aliphatic carbocycles. The Kier molecular flexibility index (Phi) is 8.23. The standard InChI is InChI=1S/C50H34N10S/c1-2-10-46-45(9-1)53-59(54-46)37-19-15-35(16-20-37)57(41-7-5-25-51-31-41)39-14-13-33-28-44-43-24-23-40(30-50(43)61-49(44)29-34(33)27-39)58(42-8-6-26-52-32-42)36-17-21-38(22-18-36)60-55-47-11-3-4-12-48(47)56-60/h1-8,11-32H,9-10H2. The zero-order valence-electron chi connectivity index (χ0n) is 32.6. The minimum atomic E-state index is 0.823. The van der Waals surface area contributed by atoms with Crippen molar-refractivity contribution in [3.8, 4) is 11.4 Å².